The minimum atomic E-state index is -4.34. The summed E-state index contributed by atoms with van der Waals surface area (Å²) in [5.74, 6) is -0.772. The molecule has 14 heteroatoms. The molecule has 1 aromatic heterocycles. The molecule has 0 aliphatic carbocycles. The number of para-hydroxylation sites is 1. The van der Waals surface area contributed by atoms with Gasteiger partial charge in [0.25, 0.3) is 26.6 Å². The Bertz CT molecular complexity index is 2050. The van der Waals surface area contributed by atoms with Gasteiger partial charge in [0.2, 0.25) is 0 Å². The Hall–Kier alpha value is -5.60. The highest BCUT2D eigenvalue weighted by Crippen LogP contribution is 2.27. The van der Waals surface area contributed by atoms with Crippen molar-refractivity contribution in [3.05, 3.63) is 123 Å². The number of aryl methyl sites for hydroxylation is 1. The summed E-state index contributed by atoms with van der Waals surface area (Å²) in [6.07, 6.45) is 0. The first kappa shape index (κ1) is 27.6. The van der Waals surface area contributed by atoms with Gasteiger partial charge >= 0.3 is 5.97 Å². The third-order valence-corrected chi connectivity index (χ3v) is 8.30. The first-order valence-electron chi connectivity index (χ1n) is 12.8. The summed E-state index contributed by atoms with van der Waals surface area (Å²) < 4.78 is 30.4. The number of carbonyl (C=O) groups excluding carboxylic acids is 1. The van der Waals surface area contributed by atoms with Gasteiger partial charge in [0.05, 0.1) is 27.2 Å². The Labute approximate surface area is 244 Å². The predicted molar refractivity (Wildman–Crippen MR) is 159 cm³/mol. The Kier molecular flexibility index (Phi) is 6.84. The van der Waals surface area contributed by atoms with Gasteiger partial charge in [0, 0.05) is 23.4 Å². The molecule has 0 spiro atoms. The van der Waals surface area contributed by atoms with Crippen LogP contribution in [0.25, 0.3) is 28.0 Å². The van der Waals surface area contributed by atoms with Crippen LogP contribution in [0, 0.1) is 17.0 Å². The van der Waals surface area contributed by atoms with Crippen LogP contribution < -0.4 is 20.9 Å². The summed E-state index contributed by atoms with van der Waals surface area (Å²) in [5, 5.41) is 10.9. The summed E-state index contributed by atoms with van der Waals surface area (Å²) in [6.45, 7) is 1.87. The fourth-order valence-corrected chi connectivity index (χ4v) is 5.97. The van der Waals surface area contributed by atoms with Crippen LogP contribution in [-0.2, 0) is 19.7 Å². The first-order valence-corrected chi connectivity index (χ1v) is 14.4. The standard InChI is InChI=1S/C29H22N6O7S/c1-18-6-12-22(13-7-18)34-28(29(37)42-32-34)43(40,41)31-20-10-16-21(17-11-20)33-26(19-8-14-23(15-9-19)35(38)39)30-25-5-3-2-4-24(25)27(33)36/h2-17,28,31-32H,1H3. The van der Waals surface area contributed by atoms with Crippen LogP contribution in [-0.4, -0.2) is 34.2 Å². The molecule has 0 bridgehead atoms. The number of carbonyl (C=O) groups is 1. The molecule has 1 aliphatic heterocycles. The summed E-state index contributed by atoms with van der Waals surface area (Å²) >= 11 is 0. The van der Waals surface area contributed by atoms with Crippen molar-refractivity contribution in [1.82, 2.24) is 15.1 Å². The molecule has 2 N–H and O–H groups in total. The number of nitro benzene ring substituents is 1. The molecule has 0 saturated carbocycles. The third-order valence-electron chi connectivity index (χ3n) is 6.78. The molecule has 1 saturated heterocycles. The molecule has 13 nitrogen and oxygen atoms in total. The molecule has 5 aromatic rings. The van der Waals surface area contributed by atoms with E-state index in [0.717, 1.165) is 10.6 Å². The van der Waals surface area contributed by atoms with E-state index in [1.807, 2.05) is 6.92 Å². The predicted octanol–water partition coefficient (Wildman–Crippen LogP) is 3.82. The maximum atomic E-state index is 13.7. The quantitative estimate of drug-likeness (QED) is 0.208. The smallest absolute Gasteiger partial charge is 0.347 e. The van der Waals surface area contributed by atoms with E-state index < -0.39 is 26.3 Å². The molecule has 2 heterocycles. The Balaban J connectivity index is 1.36. The van der Waals surface area contributed by atoms with Crippen LogP contribution in [0.4, 0.5) is 17.1 Å². The zero-order valence-electron chi connectivity index (χ0n) is 22.4. The summed E-state index contributed by atoms with van der Waals surface area (Å²) in [4.78, 5) is 46.2. The lowest BCUT2D eigenvalue weighted by atomic mass is 10.1. The number of benzene rings is 4. The van der Waals surface area contributed by atoms with E-state index in [0.29, 0.717) is 27.8 Å². The number of anilines is 2. The number of nitro groups is 1. The van der Waals surface area contributed by atoms with Crippen molar-refractivity contribution in [3.8, 4) is 17.1 Å². The molecule has 6 rings (SSSR count). The number of hydrazine groups is 1. The molecule has 216 valence electrons. The molecule has 4 aromatic carbocycles. The van der Waals surface area contributed by atoms with E-state index in [9.17, 15) is 28.1 Å². The number of fused-ring (bicyclic) bond motifs is 1. The average molecular weight is 599 g/mol. The number of rotatable bonds is 7. The summed E-state index contributed by atoms with van der Waals surface area (Å²) in [6, 6.07) is 25.2. The van der Waals surface area contributed by atoms with Gasteiger partial charge in [-0.15, -0.1) is 0 Å². The first-order chi connectivity index (χ1) is 20.6. The normalized spacial score (nSPS) is 15.0. The fraction of sp³-hybridized carbons (Fsp3) is 0.0690. The van der Waals surface area contributed by atoms with Crippen molar-refractivity contribution in [2.24, 2.45) is 0 Å². The van der Waals surface area contributed by atoms with Gasteiger partial charge < -0.3 is 4.84 Å². The fourth-order valence-electron chi connectivity index (χ4n) is 4.65. The number of non-ortho nitro benzene ring substituents is 1. The second-order valence-electron chi connectivity index (χ2n) is 9.66. The summed E-state index contributed by atoms with van der Waals surface area (Å²) in [7, 11) is -4.34. The van der Waals surface area contributed by atoms with Crippen molar-refractivity contribution in [2.75, 3.05) is 9.73 Å². The highest BCUT2D eigenvalue weighted by atomic mass is 32.2. The van der Waals surface area contributed by atoms with Gasteiger partial charge in [0.1, 0.15) is 5.82 Å². The molecule has 43 heavy (non-hydrogen) atoms. The molecule has 0 amide bonds. The molecule has 0 radical (unpaired) electrons. The summed E-state index contributed by atoms with van der Waals surface area (Å²) in [5.41, 5.74) is 4.60. The number of aromatic nitrogens is 2. The monoisotopic (exact) mass is 598 g/mol. The zero-order chi connectivity index (χ0) is 30.3. The second-order valence-corrected chi connectivity index (χ2v) is 11.4. The lowest BCUT2D eigenvalue weighted by molar-refractivity contribution is -0.384. The number of sulfonamides is 1. The molecule has 1 atom stereocenters. The molecule has 1 aliphatic rings. The van der Waals surface area contributed by atoms with E-state index in [1.54, 1.807) is 48.5 Å². The molecular weight excluding hydrogens is 576 g/mol. The number of hydrogen-bond acceptors (Lipinski definition) is 10. The zero-order valence-corrected chi connectivity index (χ0v) is 23.2. The minimum absolute atomic E-state index is 0.114. The largest absolute Gasteiger partial charge is 0.368 e. The van der Waals surface area contributed by atoms with E-state index in [2.05, 4.69) is 15.3 Å². The highest BCUT2D eigenvalue weighted by molar-refractivity contribution is 7.94. The Morgan fingerprint density at radius 1 is 0.907 bits per heavy atom. The van der Waals surface area contributed by atoms with Gasteiger partial charge in [-0.05, 0) is 67.6 Å². The van der Waals surface area contributed by atoms with Gasteiger partial charge in [-0.1, -0.05) is 35.4 Å². The number of hydrogen-bond donors (Lipinski definition) is 2. The van der Waals surface area contributed by atoms with Crippen LogP contribution in [0.15, 0.2) is 102 Å². The van der Waals surface area contributed by atoms with E-state index >= 15 is 0 Å². The third kappa shape index (κ3) is 5.16. The topological polar surface area (TPSA) is 166 Å². The number of nitrogens with one attached hydrogen (secondary N) is 2. The van der Waals surface area contributed by atoms with Gasteiger partial charge in [-0.3, -0.25) is 24.2 Å². The number of nitrogens with zero attached hydrogens (tertiary/aromatic N) is 4. The van der Waals surface area contributed by atoms with Crippen molar-refractivity contribution in [1.29, 1.82) is 0 Å². The maximum Gasteiger partial charge on any atom is 0.368 e. The van der Waals surface area contributed by atoms with E-state index in [1.165, 1.54) is 53.1 Å². The van der Waals surface area contributed by atoms with Crippen LogP contribution in [0.5, 0.6) is 0 Å². The Morgan fingerprint density at radius 2 is 1.56 bits per heavy atom. The van der Waals surface area contributed by atoms with Gasteiger partial charge in [-0.2, -0.15) is 0 Å². The van der Waals surface area contributed by atoms with Crippen LogP contribution >= 0.6 is 0 Å². The highest BCUT2D eigenvalue weighted by Gasteiger charge is 2.46. The molecule has 1 unspecified atom stereocenters. The molecular formula is C29H22N6O7S. The lowest BCUT2D eigenvalue weighted by Crippen LogP contribution is -2.46. The van der Waals surface area contributed by atoms with E-state index in [4.69, 9.17) is 4.84 Å². The van der Waals surface area contributed by atoms with E-state index in [-0.39, 0.29) is 22.8 Å². The van der Waals surface area contributed by atoms with Crippen molar-refractivity contribution >= 4 is 44.0 Å². The average Bonchev–Trinajstić information content (AvgIpc) is 3.40. The van der Waals surface area contributed by atoms with Crippen molar-refractivity contribution in [2.45, 2.75) is 12.3 Å². The maximum absolute atomic E-state index is 13.7. The van der Waals surface area contributed by atoms with Crippen LogP contribution in [0.3, 0.4) is 0 Å². The minimum Gasteiger partial charge on any atom is -0.347 e. The van der Waals surface area contributed by atoms with Crippen LogP contribution in [0.1, 0.15) is 5.56 Å². The second kappa shape index (κ2) is 10.7. The van der Waals surface area contributed by atoms with Gasteiger partial charge in [-0.25, -0.2) is 23.2 Å². The molecule has 1 fully saturated rings. The SMILES string of the molecule is Cc1ccc(N2NOC(=O)C2S(=O)(=O)Nc2ccc(-n3c(-c4ccc([N+](=O)[O-])cc4)nc4ccccc4c3=O)cc2)cc1. The van der Waals surface area contributed by atoms with Crippen molar-refractivity contribution in [3.63, 3.8) is 0 Å². The lowest BCUT2D eigenvalue weighted by Gasteiger charge is -2.22. The van der Waals surface area contributed by atoms with Crippen LogP contribution in [0.2, 0.25) is 0 Å². The Morgan fingerprint density at radius 3 is 2.23 bits per heavy atom. The van der Waals surface area contributed by atoms with Gasteiger partial charge in [0.15, 0.2) is 0 Å². The van der Waals surface area contributed by atoms with Crippen molar-refractivity contribution < 1.29 is 23.0 Å².